The predicted octanol–water partition coefficient (Wildman–Crippen LogP) is 3.78. The van der Waals surface area contributed by atoms with Gasteiger partial charge < -0.3 is 4.90 Å². The van der Waals surface area contributed by atoms with E-state index in [1.165, 1.54) is 0 Å². The third-order valence-corrected chi connectivity index (χ3v) is 5.07. The number of rotatable bonds is 5. The molecule has 118 valence electrons. The molecule has 0 aliphatic heterocycles. The Bertz CT molecular complexity index is 795. The fraction of sp³-hybridized carbons (Fsp3) is 0.235. The number of aromatic nitrogens is 2. The third kappa shape index (κ3) is 4.03. The lowest BCUT2D eigenvalue weighted by molar-refractivity contribution is -0.129. The van der Waals surface area contributed by atoms with Crippen molar-refractivity contribution < 1.29 is 4.79 Å². The first-order valence-electron chi connectivity index (χ1n) is 7.26. The van der Waals surface area contributed by atoms with Crippen LogP contribution in [-0.2, 0) is 17.8 Å². The number of aryl methyl sites for hydroxylation is 1. The first-order valence-corrected chi connectivity index (χ1v) is 9.02. The molecule has 2 heterocycles. The Kier molecular flexibility index (Phi) is 4.83. The molecule has 0 aliphatic carbocycles. The van der Waals surface area contributed by atoms with Gasteiger partial charge in [-0.15, -0.1) is 22.7 Å². The lowest BCUT2D eigenvalue weighted by atomic mass is 10.2. The molecule has 2 aromatic heterocycles. The maximum Gasteiger partial charge on any atom is 0.228 e. The number of thiazole rings is 2. The minimum absolute atomic E-state index is 0.0618. The number of amides is 1. The standard InChI is InChI=1S/C17H17N3OS2/c1-12-18-14(10-22-12)8-17(21)20(2)9-16-19-15(11-23-16)13-6-4-3-5-7-13/h3-7,10-11H,8-9H2,1-2H3. The Morgan fingerprint density at radius 3 is 2.61 bits per heavy atom. The van der Waals surface area contributed by atoms with Gasteiger partial charge in [0.2, 0.25) is 5.91 Å². The van der Waals surface area contributed by atoms with Gasteiger partial charge in [0.25, 0.3) is 0 Å². The summed E-state index contributed by atoms with van der Waals surface area (Å²) in [5, 5.41) is 5.90. The molecule has 3 aromatic rings. The number of hydrogen-bond acceptors (Lipinski definition) is 5. The van der Waals surface area contributed by atoms with Crippen LogP contribution in [0.4, 0.5) is 0 Å². The Hall–Kier alpha value is -2.05. The van der Waals surface area contributed by atoms with Crippen LogP contribution in [0.2, 0.25) is 0 Å². The van der Waals surface area contributed by atoms with Gasteiger partial charge in [-0.1, -0.05) is 30.3 Å². The number of nitrogens with zero attached hydrogens (tertiary/aromatic N) is 3. The lowest BCUT2D eigenvalue weighted by Gasteiger charge is -2.14. The zero-order chi connectivity index (χ0) is 16.2. The summed E-state index contributed by atoms with van der Waals surface area (Å²) >= 11 is 3.15. The second kappa shape index (κ2) is 7.02. The van der Waals surface area contributed by atoms with Crippen molar-refractivity contribution in [3.63, 3.8) is 0 Å². The molecule has 6 heteroatoms. The van der Waals surface area contributed by atoms with E-state index in [9.17, 15) is 4.79 Å². The molecule has 0 aliphatic rings. The minimum Gasteiger partial charge on any atom is -0.339 e. The summed E-state index contributed by atoms with van der Waals surface area (Å²) in [5.74, 6) is 0.0618. The van der Waals surface area contributed by atoms with Crippen molar-refractivity contribution in [3.8, 4) is 11.3 Å². The van der Waals surface area contributed by atoms with Crippen molar-refractivity contribution in [1.82, 2.24) is 14.9 Å². The van der Waals surface area contributed by atoms with Crippen molar-refractivity contribution in [3.05, 3.63) is 56.8 Å². The summed E-state index contributed by atoms with van der Waals surface area (Å²) < 4.78 is 0. The van der Waals surface area contributed by atoms with E-state index in [4.69, 9.17) is 0 Å². The van der Waals surface area contributed by atoms with Crippen LogP contribution in [0.3, 0.4) is 0 Å². The molecular weight excluding hydrogens is 326 g/mol. The average Bonchev–Trinajstić information content (AvgIpc) is 3.17. The van der Waals surface area contributed by atoms with Gasteiger partial charge in [0.15, 0.2) is 0 Å². The molecule has 1 aromatic carbocycles. The molecule has 3 rings (SSSR count). The normalized spacial score (nSPS) is 10.7. The minimum atomic E-state index is 0.0618. The number of benzene rings is 1. The van der Waals surface area contributed by atoms with E-state index in [1.54, 1.807) is 27.6 Å². The molecule has 1 amide bonds. The van der Waals surface area contributed by atoms with Crippen LogP contribution >= 0.6 is 22.7 Å². The molecule has 0 unspecified atom stereocenters. The highest BCUT2D eigenvalue weighted by molar-refractivity contribution is 7.10. The molecule has 0 bridgehead atoms. The molecule has 0 radical (unpaired) electrons. The monoisotopic (exact) mass is 343 g/mol. The van der Waals surface area contributed by atoms with Crippen molar-refractivity contribution in [2.75, 3.05) is 7.05 Å². The highest BCUT2D eigenvalue weighted by atomic mass is 32.1. The zero-order valence-electron chi connectivity index (χ0n) is 13.0. The fourth-order valence-electron chi connectivity index (χ4n) is 2.20. The average molecular weight is 343 g/mol. The third-order valence-electron chi connectivity index (χ3n) is 3.42. The van der Waals surface area contributed by atoms with Crippen molar-refractivity contribution in [2.45, 2.75) is 19.9 Å². The highest BCUT2D eigenvalue weighted by Crippen LogP contribution is 2.22. The Balaban J connectivity index is 1.62. The molecule has 4 nitrogen and oxygen atoms in total. The van der Waals surface area contributed by atoms with Crippen LogP contribution in [0.25, 0.3) is 11.3 Å². The van der Waals surface area contributed by atoms with E-state index in [2.05, 4.69) is 9.97 Å². The summed E-state index contributed by atoms with van der Waals surface area (Å²) in [7, 11) is 1.81. The summed E-state index contributed by atoms with van der Waals surface area (Å²) in [6.07, 6.45) is 0.345. The predicted molar refractivity (Wildman–Crippen MR) is 94.6 cm³/mol. The van der Waals surface area contributed by atoms with E-state index in [0.717, 1.165) is 27.0 Å². The van der Waals surface area contributed by atoms with Crippen LogP contribution in [0, 0.1) is 6.92 Å². The van der Waals surface area contributed by atoms with Gasteiger partial charge in [-0.2, -0.15) is 0 Å². The lowest BCUT2D eigenvalue weighted by Crippen LogP contribution is -2.27. The van der Waals surface area contributed by atoms with E-state index in [-0.39, 0.29) is 5.91 Å². The maximum absolute atomic E-state index is 12.3. The summed E-state index contributed by atoms with van der Waals surface area (Å²) in [5.41, 5.74) is 2.90. The van der Waals surface area contributed by atoms with Crippen LogP contribution in [0.15, 0.2) is 41.1 Å². The number of hydrogen-bond donors (Lipinski definition) is 0. The van der Waals surface area contributed by atoms with Gasteiger partial charge in [-0.05, 0) is 6.92 Å². The van der Waals surface area contributed by atoms with Crippen molar-refractivity contribution in [1.29, 1.82) is 0 Å². The molecule has 0 atom stereocenters. The van der Waals surface area contributed by atoms with E-state index < -0.39 is 0 Å². The summed E-state index contributed by atoms with van der Waals surface area (Å²) in [6.45, 7) is 2.47. The second-order valence-electron chi connectivity index (χ2n) is 5.28. The summed E-state index contributed by atoms with van der Waals surface area (Å²) in [6, 6.07) is 10.1. The van der Waals surface area contributed by atoms with Crippen LogP contribution < -0.4 is 0 Å². The van der Waals surface area contributed by atoms with Gasteiger partial charge >= 0.3 is 0 Å². The molecule has 0 N–H and O–H groups in total. The summed E-state index contributed by atoms with van der Waals surface area (Å²) in [4.78, 5) is 22.9. The van der Waals surface area contributed by atoms with E-state index >= 15 is 0 Å². The Morgan fingerprint density at radius 2 is 1.91 bits per heavy atom. The molecule has 0 saturated carbocycles. The Labute approximate surface area is 143 Å². The molecule has 0 fully saturated rings. The van der Waals surface area contributed by atoms with Gasteiger partial charge in [0, 0.05) is 23.4 Å². The molecule has 0 spiro atoms. The second-order valence-corrected chi connectivity index (χ2v) is 7.28. The quantitative estimate of drug-likeness (QED) is 0.708. The largest absolute Gasteiger partial charge is 0.339 e. The first kappa shape index (κ1) is 15.8. The van der Waals surface area contributed by atoms with Crippen LogP contribution in [0.5, 0.6) is 0 Å². The number of carbonyl (C=O) groups is 1. The van der Waals surface area contributed by atoms with Gasteiger partial charge in [0.05, 0.1) is 29.4 Å². The maximum atomic E-state index is 12.3. The first-order chi connectivity index (χ1) is 11.1. The topological polar surface area (TPSA) is 46.1 Å². The van der Waals surface area contributed by atoms with Gasteiger partial charge in [-0.3, -0.25) is 4.79 Å². The van der Waals surface area contributed by atoms with E-state index in [0.29, 0.717) is 13.0 Å². The van der Waals surface area contributed by atoms with Crippen molar-refractivity contribution in [2.24, 2.45) is 0 Å². The van der Waals surface area contributed by atoms with Crippen LogP contribution in [0.1, 0.15) is 15.7 Å². The number of likely N-dealkylation sites (N-methyl/N-ethyl adjacent to an activating group) is 1. The smallest absolute Gasteiger partial charge is 0.228 e. The number of carbonyl (C=O) groups excluding carboxylic acids is 1. The molecule has 0 saturated heterocycles. The fourth-order valence-corrected chi connectivity index (χ4v) is 3.66. The highest BCUT2D eigenvalue weighted by Gasteiger charge is 2.14. The van der Waals surface area contributed by atoms with Gasteiger partial charge in [-0.25, -0.2) is 9.97 Å². The van der Waals surface area contributed by atoms with Crippen molar-refractivity contribution >= 4 is 28.6 Å². The molecular formula is C17H17N3OS2. The van der Waals surface area contributed by atoms with Crippen LogP contribution in [-0.4, -0.2) is 27.8 Å². The molecule has 23 heavy (non-hydrogen) atoms. The Morgan fingerprint density at radius 1 is 1.13 bits per heavy atom. The van der Waals surface area contributed by atoms with Gasteiger partial charge in [0.1, 0.15) is 5.01 Å². The van der Waals surface area contributed by atoms with E-state index in [1.807, 2.05) is 55.1 Å². The SMILES string of the molecule is Cc1nc(CC(=O)N(C)Cc2nc(-c3ccccc3)cs2)cs1. The zero-order valence-corrected chi connectivity index (χ0v) is 14.7.